The number of ether oxygens (including phenoxy) is 2. The molecule has 0 amide bonds. The van der Waals surface area contributed by atoms with Crippen LogP contribution in [0.5, 0.6) is 0 Å². The molecule has 5 atom stereocenters. The van der Waals surface area contributed by atoms with Gasteiger partial charge in [0.25, 0.3) is 0 Å². The number of rotatable bonds is 4. The normalized spacial score (nSPS) is 29.3. The highest BCUT2D eigenvalue weighted by Crippen LogP contribution is 2.45. The summed E-state index contributed by atoms with van der Waals surface area (Å²) in [6.45, 7) is 6.58. The number of benzene rings is 2. The Morgan fingerprint density at radius 2 is 1.35 bits per heavy atom. The van der Waals surface area contributed by atoms with Crippen molar-refractivity contribution in [3.63, 3.8) is 0 Å². The zero-order chi connectivity index (χ0) is 18.5. The molecule has 0 saturated carbocycles. The third kappa shape index (κ3) is 2.58. The number of aliphatic hydroxyl groups excluding tert-OH is 2. The number of fused-ring (bicyclic) bond motifs is 1. The smallest absolute Gasteiger partial charge is 0.184 e. The fourth-order valence-electron chi connectivity index (χ4n) is 4.67. The number of hydrogen-bond acceptors (Lipinski definition) is 4. The molecule has 2 N–H and O–H groups in total. The first kappa shape index (κ1) is 17.9. The molecular formula is C21H26O4Si. The molecule has 0 radical (unpaired) electrons. The van der Waals surface area contributed by atoms with E-state index in [9.17, 15) is 10.2 Å². The van der Waals surface area contributed by atoms with Crippen LogP contribution < -0.4 is 10.4 Å². The van der Waals surface area contributed by atoms with E-state index < -0.39 is 26.2 Å². The molecule has 2 fully saturated rings. The maximum absolute atomic E-state index is 11.8. The van der Waals surface area contributed by atoms with Gasteiger partial charge in [-0.1, -0.05) is 91.8 Å². The lowest BCUT2D eigenvalue weighted by Gasteiger charge is -2.48. The molecule has 1 unspecified atom stereocenters. The summed E-state index contributed by atoms with van der Waals surface area (Å²) in [4.78, 5) is 0. The maximum Gasteiger partial charge on any atom is 0.184 e. The van der Waals surface area contributed by atoms with E-state index in [-0.39, 0.29) is 17.2 Å². The Balaban J connectivity index is 1.91. The van der Waals surface area contributed by atoms with Gasteiger partial charge in [0, 0.05) is 0 Å². The number of epoxide rings is 1. The monoisotopic (exact) mass is 370 g/mol. The van der Waals surface area contributed by atoms with E-state index in [1.54, 1.807) is 0 Å². The van der Waals surface area contributed by atoms with Crippen molar-refractivity contribution < 1.29 is 19.7 Å². The molecule has 0 aliphatic carbocycles. The van der Waals surface area contributed by atoms with Crippen LogP contribution in [0.15, 0.2) is 60.7 Å². The van der Waals surface area contributed by atoms with E-state index in [1.807, 2.05) is 36.4 Å². The molecule has 26 heavy (non-hydrogen) atoms. The van der Waals surface area contributed by atoms with Crippen LogP contribution in [-0.4, -0.2) is 48.6 Å². The summed E-state index contributed by atoms with van der Waals surface area (Å²) in [5.41, 5.74) is -0.737. The number of hydrogen-bond donors (Lipinski definition) is 2. The zero-order valence-electron chi connectivity index (χ0n) is 15.4. The summed E-state index contributed by atoms with van der Waals surface area (Å²) in [5.74, 6) is 0. The minimum atomic E-state index is -2.72. The molecule has 2 saturated heterocycles. The van der Waals surface area contributed by atoms with Crippen LogP contribution in [0.1, 0.15) is 20.8 Å². The first-order valence-corrected chi connectivity index (χ1v) is 11.2. The average molecular weight is 371 g/mol. The highest BCUT2D eigenvalue weighted by atomic mass is 28.3. The van der Waals surface area contributed by atoms with E-state index in [0.717, 1.165) is 10.4 Å². The third-order valence-electron chi connectivity index (χ3n) is 5.86. The zero-order valence-corrected chi connectivity index (χ0v) is 16.4. The molecule has 2 aromatic carbocycles. The van der Waals surface area contributed by atoms with E-state index in [0.29, 0.717) is 0 Å². The molecule has 0 bridgehead atoms. The van der Waals surface area contributed by atoms with Crippen LogP contribution in [0.2, 0.25) is 5.04 Å². The Hall–Kier alpha value is -1.50. The van der Waals surface area contributed by atoms with Crippen molar-refractivity contribution in [3.8, 4) is 0 Å². The van der Waals surface area contributed by atoms with Gasteiger partial charge in [-0.3, -0.25) is 0 Å². The van der Waals surface area contributed by atoms with Crippen LogP contribution in [-0.2, 0) is 9.47 Å². The van der Waals surface area contributed by atoms with Gasteiger partial charge in [0.15, 0.2) is 14.4 Å². The molecule has 5 heteroatoms. The lowest BCUT2D eigenvalue weighted by molar-refractivity contribution is -0.156. The summed E-state index contributed by atoms with van der Waals surface area (Å²) in [7, 11) is -2.72. The highest BCUT2D eigenvalue weighted by molar-refractivity contribution is 7.05. The Morgan fingerprint density at radius 3 is 1.69 bits per heavy atom. The van der Waals surface area contributed by atoms with Crippen LogP contribution in [0.4, 0.5) is 0 Å². The average Bonchev–Trinajstić information content (AvgIpc) is 3.35. The van der Waals surface area contributed by atoms with E-state index in [2.05, 4.69) is 45.0 Å². The number of aliphatic hydroxyl groups is 2. The van der Waals surface area contributed by atoms with Crippen molar-refractivity contribution in [1.82, 2.24) is 0 Å². The van der Waals surface area contributed by atoms with Gasteiger partial charge in [-0.15, -0.1) is 0 Å². The molecule has 2 aliphatic heterocycles. The van der Waals surface area contributed by atoms with E-state index in [1.165, 1.54) is 0 Å². The van der Waals surface area contributed by atoms with E-state index >= 15 is 0 Å². The van der Waals surface area contributed by atoms with Gasteiger partial charge in [0.1, 0.15) is 18.3 Å². The van der Waals surface area contributed by atoms with Crippen molar-refractivity contribution in [2.45, 2.75) is 56.1 Å². The molecule has 2 aliphatic rings. The quantitative estimate of drug-likeness (QED) is 0.631. The Labute approximate surface area is 155 Å². The fourth-order valence-corrected chi connectivity index (χ4v) is 10.5. The predicted octanol–water partition coefficient (Wildman–Crippen LogP) is 1.43. The van der Waals surface area contributed by atoms with Crippen LogP contribution in [0.3, 0.4) is 0 Å². The molecule has 2 aromatic rings. The van der Waals surface area contributed by atoms with Gasteiger partial charge < -0.3 is 19.7 Å². The Bertz CT molecular complexity index is 719. The molecular weight excluding hydrogens is 344 g/mol. The van der Waals surface area contributed by atoms with Crippen LogP contribution in [0.25, 0.3) is 0 Å². The second kappa shape index (κ2) is 6.29. The van der Waals surface area contributed by atoms with Crippen molar-refractivity contribution in [3.05, 3.63) is 60.7 Å². The topological polar surface area (TPSA) is 62.2 Å². The van der Waals surface area contributed by atoms with Crippen LogP contribution >= 0.6 is 0 Å². The summed E-state index contributed by atoms with van der Waals surface area (Å²) >= 11 is 0. The summed E-state index contributed by atoms with van der Waals surface area (Å²) in [5, 5.41) is 23.9. The van der Waals surface area contributed by atoms with Crippen molar-refractivity contribution in [2.24, 2.45) is 0 Å². The minimum absolute atomic E-state index is 0.184. The Morgan fingerprint density at radius 1 is 0.846 bits per heavy atom. The molecule has 0 aromatic heterocycles. The molecule has 138 valence electrons. The van der Waals surface area contributed by atoms with Gasteiger partial charge in [-0.25, -0.2) is 0 Å². The molecule has 4 rings (SSSR count). The highest BCUT2D eigenvalue weighted by Gasteiger charge is 2.65. The largest absolute Gasteiger partial charge is 0.393 e. The van der Waals surface area contributed by atoms with Gasteiger partial charge >= 0.3 is 0 Å². The van der Waals surface area contributed by atoms with Crippen molar-refractivity contribution in [2.75, 3.05) is 0 Å². The maximum atomic E-state index is 11.8. The Kier molecular flexibility index (Phi) is 4.32. The molecule has 0 spiro atoms. The summed E-state index contributed by atoms with van der Waals surface area (Å²) < 4.78 is 11.3. The molecule has 2 heterocycles. The second-order valence-corrected chi connectivity index (χ2v) is 13.2. The standard InChI is InChI=1S/C21H26O4Si/c1-21(2,3)26(14-10-6-4-7-11-14,15-12-8-5-9-13-15)20(23)18-16-17(24-16)19(22)25-18/h4-13,16-20,22-23H,1-3H3/t16-,17-,18-,19-,20?/m0/s1. The van der Waals surface area contributed by atoms with Gasteiger partial charge in [0.05, 0.1) is 5.73 Å². The summed E-state index contributed by atoms with van der Waals surface area (Å²) in [6, 6.07) is 20.6. The first-order chi connectivity index (χ1) is 12.4. The second-order valence-electron chi connectivity index (χ2n) is 8.29. The van der Waals surface area contributed by atoms with Crippen molar-refractivity contribution in [1.29, 1.82) is 0 Å². The third-order valence-corrected chi connectivity index (χ3v) is 11.9. The first-order valence-electron chi connectivity index (χ1n) is 9.15. The van der Waals surface area contributed by atoms with E-state index in [4.69, 9.17) is 9.47 Å². The van der Waals surface area contributed by atoms with Gasteiger partial charge in [-0.05, 0) is 5.04 Å². The van der Waals surface area contributed by atoms with Crippen LogP contribution in [0, 0.1) is 0 Å². The minimum Gasteiger partial charge on any atom is -0.393 e. The fraction of sp³-hybridized carbons (Fsp3) is 0.429. The molecule has 4 nitrogen and oxygen atoms in total. The summed E-state index contributed by atoms with van der Waals surface area (Å²) in [6.07, 6.45) is -1.98. The van der Waals surface area contributed by atoms with Crippen molar-refractivity contribution >= 4 is 18.4 Å². The predicted molar refractivity (Wildman–Crippen MR) is 103 cm³/mol. The lowest BCUT2D eigenvalue weighted by Crippen LogP contribution is -2.74. The SMILES string of the molecule is CC(C)(C)[Si](c1ccccc1)(c1ccccc1)C(O)[C@H]1O[C@H](O)[C@H]2O[C@@H]21. The van der Waals surface area contributed by atoms with Gasteiger partial charge in [0.2, 0.25) is 0 Å². The lowest BCUT2D eigenvalue weighted by atomic mass is 10.2. The van der Waals surface area contributed by atoms with Gasteiger partial charge in [-0.2, -0.15) is 0 Å².